The Kier molecular flexibility index (Phi) is 7.39. The standard InChI is InChI=1S/C8H10F6O3.C4H12Si/c9-7(10,11)6(15,8(12,13)14)4-17-5-2-1-3-16-5;1-5(2,3)4/h5,15H,1-4H2;1-4H3. The van der Waals surface area contributed by atoms with Crippen molar-refractivity contribution in [1.82, 2.24) is 0 Å². The maximum atomic E-state index is 12.2. The first-order valence-electron chi connectivity index (χ1n) is 6.67. The smallest absolute Gasteiger partial charge is 0.372 e. The van der Waals surface area contributed by atoms with Gasteiger partial charge < -0.3 is 14.6 Å². The van der Waals surface area contributed by atoms with E-state index >= 15 is 0 Å². The third kappa shape index (κ3) is 7.29. The highest BCUT2D eigenvalue weighted by atomic mass is 28.3. The minimum atomic E-state index is -5.86. The Morgan fingerprint density at radius 1 is 1.05 bits per heavy atom. The molecule has 0 aromatic heterocycles. The molecule has 10 heteroatoms. The molecule has 22 heavy (non-hydrogen) atoms. The number of halogens is 6. The van der Waals surface area contributed by atoms with Crippen LogP contribution in [0.25, 0.3) is 0 Å². The SMILES string of the molecule is C[Si](C)(C)C.OC(COC1CCCO1)(C(F)(F)F)C(F)(F)F. The average Bonchev–Trinajstić information content (AvgIpc) is 2.72. The van der Waals surface area contributed by atoms with Crippen LogP contribution in [0.15, 0.2) is 0 Å². The number of ether oxygens (including phenoxy) is 2. The molecule has 1 aliphatic heterocycles. The Balaban J connectivity index is 0.000000763. The Labute approximate surface area is 126 Å². The number of rotatable bonds is 3. The fraction of sp³-hybridized carbons (Fsp3) is 1.00. The molecule has 0 spiro atoms. The fourth-order valence-corrected chi connectivity index (χ4v) is 1.22. The molecule has 1 heterocycles. The Morgan fingerprint density at radius 2 is 1.45 bits per heavy atom. The molecule has 0 saturated carbocycles. The fourth-order valence-electron chi connectivity index (χ4n) is 1.22. The van der Waals surface area contributed by atoms with Crippen LogP contribution in [0.4, 0.5) is 26.3 Å². The van der Waals surface area contributed by atoms with E-state index in [-0.39, 0.29) is 13.0 Å². The summed E-state index contributed by atoms with van der Waals surface area (Å²) < 4.78 is 82.1. The van der Waals surface area contributed by atoms with Gasteiger partial charge >= 0.3 is 12.4 Å². The summed E-state index contributed by atoms with van der Waals surface area (Å²) in [6.45, 7) is 7.59. The molecule has 1 rings (SSSR count). The van der Waals surface area contributed by atoms with Gasteiger partial charge in [-0.2, -0.15) is 26.3 Å². The van der Waals surface area contributed by atoms with Crippen LogP contribution >= 0.6 is 0 Å². The first-order chi connectivity index (χ1) is 9.58. The van der Waals surface area contributed by atoms with Crippen molar-refractivity contribution >= 4 is 8.07 Å². The molecule has 1 N–H and O–H groups in total. The molecule has 1 unspecified atom stereocenters. The quantitative estimate of drug-likeness (QED) is 0.615. The molecular weight excluding hydrogens is 334 g/mol. The van der Waals surface area contributed by atoms with Gasteiger partial charge in [0.25, 0.3) is 5.60 Å². The third-order valence-electron chi connectivity index (χ3n) is 2.30. The predicted molar refractivity (Wildman–Crippen MR) is 71.2 cm³/mol. The monoisotopic (exact) mass is 356 g/mol. The summed E-state index contributed by atoms with van der Waals surface area (Å²) in [5.41, 5.74) is -4.87. The second kappa shape index (κ2) is 7.50. The molecule has 1 aliphatic rings. The first-order valence-corrected chi connectivity index (χ1v) is 10.7. The van der Waals surface area contributed by atoms with Gasteiger partial charge in [-0.3, -0.25) is 0 Å². The van der Waals surface area contributed by atoms with Crippen LogP contribution in [-0.2, 0) is 9.47 Å². The van der Waals surface area contributed by atoms with Crippen molar-refractivity contribution in [1.29, 1.82) is 0 Å². The van der Waals surface area contributed by atoms with E-state index in [9.17, 15) is 26.3 Å². The van der Waals surface area contributed by atoms with E-state index in [4.69, 9.17) is 9.84 Å². The minimum Gasteiger partial charge on any atom is -0.372 e. The van der Waals surface area contributed by atoms with Gasteiger partial charge in [0, 0.05) is 21.1 Å². The molecule has 0 aliphatic carbocycles. The molecular formula is C12H22F6O3Si. The highest BCUT2D eigenvalue weighted by molar-refractivity contribution is 6.74. The van der Waals surface area contributed by atoms with Gasteiger partial charge in [-0.1, -0.05) is 26.2 Å². The summed E-state index contributed by atoms with van der Waals surface area (Å²) in [5, 5.41) is 8.71. The van der Waals surface area contributed by atoms with Crippen molar-refractivity contribution in [3.05, 3.63) is 0 Å². The third-order valence-corrected chi connectivity index (χ3v) is 2.30. The zero-order valence-electron chi connectivity index (χ0n) is 12.9. The van der Waals surface area contributed by atoms with E-state index in [1.807, 2.05) is 0 Å². The zero-order chi connectivity index (χ0) is 17.8. The Hall–Kier alpha value is -0.323. The molecule has 0 bridgehead atoms. The van der Waals surface area contributed by atoms with E-state index in [2.05, 4.69) is 30.9 Å². The summed E-state index contributed by atoms with van der Waals surface area (Å²) in [6, 6.07) is 0. The van der Waals surface area contributed by atoms with Gasteiger partial charge in [0.05, 0.1) is 6.61 Å². The molecule has 0 radical (unpaired) electrons. The van der Waals surface area contributed by atoms with Crippen molar-refractivity contribution in [2.75, 3.05) is 13.2 Å². The molecule has 1 atom stereocenters. The zero-order valence-corrected chi connectivity index (χ0v) is 13.9. The second-order valence-electron chi connectivity index (χ2n) is 6.61. The van der Waals surface area contributed by atoms with Crippen LogP contribution in [0.5, 0.6) is 0 Å². The topological polar surface area (TPSA) is 38.7 Å². The van der Waals surface area contributed by atoms with Gasteiger partial charge in [0.15, 0.2) is 6.29 Å². The largest absolute Gasteiger partial charge is 0.428 e. The van der Waals surface area contributed by atoms with Crippen molar-refractivity contribution < 1.29 is 40.9 Å². The van der Waals surface area contributed by atoms with Gasteiger partial charge in [0.2, 0.25) is 0 Å². The highest BCUT2D eigenvalue weighted by Gasteiger charge is 2.70. The lowest BCUT2D eigenvalue weighted by molar-refractivity contribution is -0.383. The van der Waals surface area contributed by atoms with E-state index in [0.717, 1.165) is 0 Å². The summed E-state index contributed by atoms with van der Waals surface area (Å²) in [5.74, 6) is 0. The van der Waals surface area contributed by atoms with E-state index in [1.165, 1.54) is 0 Å². The predicted octanol–water partition coefficient (Wildman–Crippen LogP) is 3.95. The van der Waals surface area contributed by atoms with Crippen molar-refractivity contribution in [2.45, 2.75) is 63.3 Å². The highest BCUT2D eigenvalue weighted by Crippen LogP contribution is 2.43. The second-order valence-corrected chi connectivity index (χ2v) is 12.6. The van der Waals surface area contributed by atoms with Crippen molar-refractivity contribution in [3.8, 4) is 0 Å². The number of alkyl halides is 6. The normalized spacial score (nSPS) is 20.6. The minimum absolute atomic E-state index is 0.200. The lowest BCUT2D eigenvalue weighted by atomic mass is 10.0. The summed E-state index contributed by atoms with van der Waals surface area (Å²) in [6.07, 6.45) is -12.2. The van der Waals surface area contributed by atoms with Crippen molar-refractivity contribution in [3.63, 3.8) is 0 Å². The van der Waals surface area contributed by atoms with Gasteiger partial charge in [-0.05, 0) is 6.42 Å². The lowest BCUT2D eigenvalue weighted by Crippen LogP contribution is -2.60. The molecule has 0 aromatic rings. The summed E-state index contributed by atoms with van der Waals surface area (Å²) in [7, 11) is -0.611. The van der Waals surface area contributed by atoms with Gasteiger partial charge in [-0.25, -0.2) is 0 Å². The Morgan fingerprint density at radius 3 is 1.73 bits per heavy atom. The number of hydrogen-bond acceptors (Lipinski definition) is 3. The molecule has 1 saturated heterocycles. The van der Waals surface area contributed by atoms with Crippen LogP contribution in [-0.4, -0.2) is 50.6 Å². The van der Waals surface area contributed by atoms with Crippen LogP contribution < -0.4 is 0 Å². The lowest BCUT2D eigenvalue weighted by Gasteiger charge is -2.32. The molecule has 3 nitrogen and oxygen atoms in total. The van der Waals surface area contributed by atoms with Crippen LogP contribution in [0.3, 0.4) is 0 Å². The molecule has 0 amide bonds. The molecule has 134 valence electrons. The molecule has 0 aromatic carbocycles. The van der Waals surface area contributed by atoms with E-state index in [0.29, 0.717) is 6.42 Å². The van der Waals surface area contributed by atoms with Gasteiger partial charge in [-0.15, -0.1) is 0 Å². The number of aliphatic hydroxyl groups is 1. The van der Waals surface area contributed by atoms with Crippen LogP contribution in [0.1, 0.15) is 12.8 Å². The average molecular weight is 356 g/mol. The van der Waals surface area contributed by atoms with E-state index < -0.39 is 38.9 Å². The first kappa shape index (κ1) is 21.7. The Bertz CT molecular complexity index is 311. The summed E-state index contributed by atoms with van der Waals surface area (Å²) in [4.78, 5) is 0. The molecule has 1 fully saturated rings. The van der Waals surface area contributed by atoms with E-state index in [1.54, 1.807) is 0 Å². The van der Waals surface area contributed by atoms with Crippen LogP contribution in [0.2, 0.25) is 26.2 Å². The summed E-state index contributed by atoms with van der Waals surface area (Å²) >= 11 is 0. The van der Waals surface area contributed by atoms with Crippen LogP contribution in [0, 0.1) is 0 Å². The maximum absolute atomic E-state index is 12.2. The van der Waals surface area contributed by atoms with Crippen molar-refractivity contribution in [2.24, 2.45) is 0 Å². The maximum Gasteiger partial charge on any atom is 0.428 e. The van der Waals surface area contributed by atoms with Gasteiger partial charge in [0.1, 0.15) is 0 Å². The number of hydrogen-bond donors (Lipinski definition) is 1.